The van der Waals surface area contributed by atoms with Gasteiger partial charge in [0.05, 0.1) is 0 Å². The second-order valence-corrected chi connectivity index (χ2v) is 4.21. The Labute approximate surface area is 85.3 Å². The predicted molar refractivity (Wildman–Crippen MR) is 58.1 cm³/mol. The molecule has 0 spiro atoms. The molecule has 1 nitrogen and oxygen atoms in total. The molecule has 0 aromatic heterocycles. The minimum atomic E-state index is 0.216. The van der Waals surface area contributed by atoms with Gasteiger partial charge >= 0.3 is 0 Å². The van der Waals surface area contributed by atoms with Crippen molar-refractivity contribution in [1.29, 1.82) is 0 Å². The van der Waals surface area contributed by atoms with E-state index in [9.17, 15) is 0 Å². The van der Waals surface area contributed by atoms with Crippen LogP contribution in [0.5, 0.6) is 0 Å². The topological polar surface area (TPSA) is 3.24 Å². The molecule has 0 aliphatic carbocycles. The third-order valence-corrected chi connectivity index (χ3v) is 2.00. The molecule has 0 saturated carbocycles. The minimum absolute atomic E-state index is 0.216. The molecule has 0 amide bonds. The molecule has 1 aromatic rings. The standard InChI is InChI=1S/C11H16ClN/c1-10(12)8-13(2)9-11-6-4-3-5-7-11/h3-7,10H,8-9H2,1-2H3/t10-/m0/s1. The molecule has 0 N–H and O–H groups in total. The molecule has 0 bridgehead atoms. The first-order chi connectivity index (χ1) is 6.18. The van der Waals surface area contributed by atoms with Crippen molar-refractivity contribution in [2.75, 3.05) is 13.6 Å². The van der Waals surface area contributed by atoms with Gasteiger partial charge in [0.2, 0.25) is 0 Å². The second kappa shape index (κ2) is 5.25. The van der Waals surface area contributed by atoms with E-state index in [1.165, 1.54) is 5.56 Å². The van der Waals surface area contributed by atoms with Gasteiger partial charge in [-0.05, 0) is 19.5 Å². The Morgan fingerprint density at radius 1 is 1.31 bits per heavy atom. The van der Waals surface area contributed by atoms with Gasteiger partial charge in [0.15, 0.2) is 0 Å². The predicted octanol–water partition coefficient (Wildman–Crippen LogP) is 2.75. The van der Waals surface area contributed by atoms with Crippen molar-refractivity contribution in [1.82, 2.24) is 4.90 Å². The lowest BCUT2D eigenvalue weighted by molar-refractivity contribution is 0.330. The Balaban J connectivity index is 2.41. The summed E-state index contributed by atoms with van der Waals surface area (Å²) in [7, 11) is 2.09. The maximum Gasteiger partial charge on any atom is 0.0435 e. The highest BCUT2D eigenvalue weighted by atomic mass is 35.5. The molecular weight excluding hydrogens is 182 g/mol. The van der Waals surface area contributed by atoms with Crippen molar-refractivity contribution in [3.63, 3.8) is 0 Å². The molecule has 0 unspecified atom stereocenters. The van der Waals surface area contributed by atoms with Crippen LogP contribution in [0.1, 0.15) is 12.5 Å². The Kier molecular flexibility index (Phi) is 4.26. The van der Waals surface area contributed by atoms with E-state index < -0.39 is 0 Å². The number of benzene rings is 1. The van der Waals surface area contributed by atoms with Crippen LogP contribution < -0.4 is 0 Å². The SMILES string of the molecule is C[C@H](Cl)CN(C)Cc1ccccc1. The lowest BCUT2D eigenvalue weighted by Gasteiger charge is -2.17. The van der Waals surface area contributed by atoms with Gasteiger partial charge in [-0.25, -0.2) is 0 Å². The largest absolute Gasteiger partial charge is 0.301 e. The zero-order valence-electron chi connectivity index (χ0n) is 8.20. The van der Waals surface area contributed by atoms with Crippen LogP contribution >= 0.6 is 11.6 Å². The van der Waals surface area contributed by atoms with Crippen LogP contribution in [0, 0.1) is 0 Å². The zero-order chi connectivity index (χ0) is 9.68. The normalized spacial score (nSPS) is 13.2. The third-order valence-electron chi connectivity index (χ3n) is 1.86. The molecule has 0 aliphatic heterocycles. The first-order valence-corrected chi connectivity index (χ1v) is 4.98. The van der Waals surface area contributed by atoms with Gasteiger partial charge < -0.3 is 4.90 Å². The molecule has 0 fully saturated rings. The molecule has 13 heavy (non-hydrogen) atoms. The summed E-state index contributed by atoms with van der Waals surface area (Å²) in [6.45, 7) is 3.91. The van der Waals surface area contributed by atoms with Gasteiger partial charge in [0, 0.05) is 18.5 Å². The molecule has 0 heterocycles. The van der Waals surface area contributed by atoms with E-state index >= 15 is 0 Å². The second-order valence-electron chi connectivity index (χ2n) is 3.46. The fourth-order valence-corrected chi connectivity index (χ4v) is 1.62. The highest BCUT2D eigenvalue weighted by Crippen LogP contribution is 2.04. The number of hydrogen-bond donors (Lipinski definition) is 0. The van der Waals surface area contributed by atoms with Gasteiger partial charge in [0.1, 0.15) is 0 Å². The smallest absolute Gasteiger partial charge is 0.0435 e. The van der Waals surface area contributed by atoms with Crippen LogP contribution in [-0.4, -0.2) is 23.9 Å². The molecular formula is C11H16ClN. The van der Waals surface area contributed by atoms with Gasteiger partial charge in [-0.2, -0.15) is 0 Å². The summed E-state index contributed by atoms with van der Waals surface area (Å²) in [6, 6.07) is 10.4. The Morgan fingerprint density at radius 2 is 1.92 bits per heavy atom. The van der Waals surface area contributed by atoms with Gasteiger partial charge in [0.25, 0.3) is 0 Å². The average molecular weight is 198 g/mol. The van der Waals surface area contributed by atoms with Crippen molar-refractivity contribution >= 4 is 11.6 Å². The number of nitrogens with zero attached hydrogens (tertiary/aromatic N) is 1. The van der Waals surface area contributed by atoms with Crippen LogP contribution in [0.3, 0.4) is 0 Å². The fourth-order valence-electron chi connectivity index (χ4n) is 1.39. The number of hydrogen-bond acceptors (Lipinski definition) is 1. The van der Waals surface area contributed by atoms with E-state index in [1.807, 2.05) is 13.0 Å². The van der Waals surface area contributed by atoms with Crippen LogP contribution in [0.2, 0.25) is 0 Å². The fraction of sp³-hybridized carbons (Fsp3) is 0.455. The van der Waals surface area contributed by atoms with Crippen molar-refractivity contribution in [2.24, 2.45) is 0 Å². The molecule has 0 saturated heterocycles. The van der Waals surface area contributed by atoms with Crippen molar-refractivity contribution in [3.05, 3.63) is 35.9 Å². The summed E-state index contributed by atoms with van der Waals surface area (Å²) >= 11 is 5.90. The van der Waals surface area contributed by atoms with Gasteiger partial charge in [-0.3, -0.25) is 0 Å². The first kappa shape index (κ1) is 10.6. The van der Waals surface area contributed by atoms with Crippen molar-refractivity contribution in [3.8, 4) is 0 Å². The number of rotatable bonds is 4. The maximum atomic E-state index is 5.90. The van der Waals surface area contributed by atoms with Crippen LogP contribution in [0.15, 0.2) is 30.3 Å². The van der Waals surface area contributed by atoms with Crippen LogP contribution in [0.25, 0.3) is 0 Å². The molecule has 1 rings (SSSR count). The highest BCUT2D eigenvalue weighted by Gasteiger charge is 2.02. The van der Waals surface area contributed by atoms with E-state index in [0.29, 0.717) is 0 Å². The monoisotopic (exact) mass is 197 g/mol. The lowest BCUT2D eigenvalue weighted by atomic mass is 10.2. The van der Waals surface area contributed by atoms with E-state index in [-0.39, 0.29) is 5.38 Å². The van der Waals surface area contributed by atoms with Crippen LogP contribution in [0.4, 0.5) is 0 Å². The first-order valence-electron chi connectivity index (χ1n) is 4.55. The lowest BCUT2D eigenvalue weighted by Crippen LogP contribution is -2.24. The molecule has 0 radical (unpaired) electrons. The number of halogens is 1. The molecule has 2 heteroatoms. The number of alkyl halides is 1. The van der Waals surface area contributed by atoms with E-state index in [1.54, 1.807) is 0 Å². The van der Waals surface area contributed by atoms with Gasteiger partial charge in [-0.15, -0.1) is 11.6 Å². The Morgan fingerprint density at radius 3 is 2.46 bits per heavy atom. The minimum Gasteiger partial charge on any atom is -0.301 e. The average Bonchev–Trinajstić information content (AvgIpc) is 2.04. The summed E-state index contributed by atoms with van der Waals surface area (Å²) in [5, 5.41) is 0.216. The summed E-state index contributed by atoms with van der Waals surface area (Å²) in [4.78, 5) is 2.23. The summed E-state index contributed by atoms with van der Waals surface area (Å²) in [5.41, 5.74) is 1.34. The summed E-state index contributed by atoms with van der Waals surface area (Å²) in [6.07, 6.45) is 0. The van der Waals surface area contributed by atoms with E-state index in [4.69, 9.17) is 11.6 Å². The van der Waals surface area contributed by atoms with E-state index in [0.717, 1.165) is 13.1 Å². The molecule has 0 aliphatic rings. The summed E-state index contributed by atoms with van der Waals surface area (Å²) in [5.74, 6) is 0. The van der Waals surface area contributed by atoms with Crippen LogP contribution in [-0.2, 0) is 6.54 Å². The van der Waals surface area contributed by atoms with Gasteiger partial charge in [-0.1, -0.05) is 30.3 Å². The zero-order valence-corrected chi connectivity index (χ0v) is 8.96. The van der Waals surface area contributed by atoms with E-state index in [2.05, 4.69) is 36.2 Å². The highest BCUT2D eigenvalue weighted by molar-refractivity contribution is 6.20. The molecule has 1 aromatic carbocycles. The maximum absolute atomic E-state index is 5.90. The van der Waals surface area contributed by atoms with Crippen molar-refractivity contribution in [2.45, 2.75) is 18.8 Å². The molecule has 1 atom stereocenters. The Bertz CT molecular complexity index is 233. The third kappa shape index (κ3) is 4.30. The molecule has 72 valence electrons. The van der Waals surface area contributed by atoms with Crippen molar-refractivity contribution < 1.29 is 0 Å². The Hall–Kier alpha value is -0.530. The quantitative estimate of drug-likeness (QED) is 0.671. The summed E-state index contributed by atoms with van der Waals surface area (Å²) < 4.78 is 0.